The summed E-state index contributed by atoms with van der Waals surface area (Å²) in [5.41, 5.74) is 1.69. The molecule has 0 aliphatic carbocycles. The van der Waals surface area contributed by atoms with Crippen LogP contribution in [0.5, 0.6) is 11.5 Å². The van der Waals surface area contributed by atoms with E-state index >= 15 is 0 Å². The average Bonchev–Trinajstić information content (AvgIpc) is 3.00. The summed E-state index contributed by atoms with van der Waals surface area (Å²) in [6, 6.07) is 12.7. The molecule has 1 aliphatic heterocycles. The van der Waals surface area contributed by atoms with Gasteiger partial charge in [-0.3, -0.25) is 4.79 Å². The van der Waals surface area contributed by atoms with Gasteiger partial charge >= 0.3 is 0 Å². The molecule has 0 amide bonds. The minimum absolute atomic E-state index is 0.153. The molecule has 0 radical (unpaired) electrons. The Hall–Kier alpha value is -2.95. The van der Waals surface area contributed by atoms with Crippen LogP contribution in [0.1, 0.15) is 21.9 Å². The summed E-state index contributed by atoms with van der Waals surface area (Å²) in [4.78, 5) is 21.5. The zero-order valence-corrected chi connectivity index (χ0v) is 11.9. The van der Waals surface area contributed by atoms with Gasteiger partial charge in [0.15, 0.2) is 11.5 Å². The number of carbonyl (C=O) groups excluding carboxylic acids is 1. The molecule has 0 bridgehead atoms. The van der Waals surface area contributed by atoms with Crippen molar-refractivity contribution in [3.63, 3.8) is 0 Å². The van der Waals surface area contributed by atoms with Gasteiger partial charge in [-0.05, 0) is 31.2 Å². The van der Waals surface area contributed by atoms with Gasteiger partial charge < -0.3 is 9.47 Å². The van der Waals surface area contributed by atoms with Crippen molar-refractivity contribution in [3.8, 4) is 11.5 Å². The van der Waals surface area contributed by atoms with Crippen LogP contribution in [0.3, 0.4) is 0 Å². The van der Waals surface area contributed by atoms with Gasteiger partial charge in [-0.2, -0.15) is 0 Å². The quantitative estimate of drug-likeness (QED) is 0.680. The van der Waals surface area contributed by atoms with Crippen LogP contribution >= 0.6 is 0 Å². The highest BCUT2D eigenvalue weighted by Gasteiger charge is 2.20. The van der Waals surface area contributed by atoms with E-state index in [-0.39, 0.29) is 12.6 Å². The minimum Gasteiger partial charge on any atom is -0.454 e. The van der Waals surface area contributed by atoms with Crippen molar-refractivity contribution in [2.75, 3.05) is 6.79 Å². The summed E-state index contributed by atoms with van der Waals surface area (Å²) < 4.78 is 10.6. The number of fused-ring (bicyclic) bond motifs is 2. The molecule has 5 nitrogen and oxygen atoms in total. The number of aryl methyl sites for hydroxylation is 1. The highest BCUT2D eigenvalue weighted by atomic mass is 16.7. The molecule has 0 saturated carbocycles. The smallest absolute Gasteiger partial charge is 0.231 e. The first-order valence-electron chi connectivity index (χ1n) is 6.90. The molecule has 1 aliphatic rings. The summed E-state index contributed by atoms with van der Waals surface area (Å²) in [7, 11) is 0. The molecule has 0 spiro atoms. The first-order chi connectivity index (χ1) is 10.7. The average molecular weight is 292 g/mol. The summed E-state index contributed by atoms with van der Waals surface area (Å²) in [5.74, 6) is 1.66. The molecule has 0 unspecified atom stereocenters. The van der Waals surface area contributed by atoms with Crippen molar-refractivity contribution in [3.05, 3.63) is 59.5 Å². The fraction of sp³-hybridized carbons (Fsp3) is 0.118. The number of rotatable bonds is 2. The normalized spacial score (nSPS) is 12.6. The van der Waals surface area contributed by atoms with Crippen LogP contribution in [-0.2, 0) is 0 Å². The Bertz CT molecular complexity index is 906. The van der Waals surface area contributed by atoms with Gasteiger partial charge in [-0.15, -0.1) is 0 Å². The Morgan fingerprint density at radius 1 is 1.05 bits per heavy atom. The zero-order valence-electron chi connectivity index (χ0n) is 11.9. The second-order valence-corrected chi connectivity index (χ2v) is 5.03. The third kappa shape index (κ3) is 1.98. The Morgan fingerprint density at radius 3 is 2.77 bits per heavy atom. The van der Waals surface area contributed by atoms with Gasteiger partial charge in [0.2, 0.25) is 12.6 Å². The van der Waals surface area contributed by atoms with Crippen LogP contribution in [0, 0.1) is 6.92 Å². The first-order valence-corrected chi connectivity index (χ1v) is 6.90. The molecule has 5 heteroatoms. The molecule has 1 aromatic heterocycles. The lowest BCUT2D eigenvalue weighted by molar-refractivity contribution is 0.103. The van der Waals surface area contributed by atoms with Crippen molar-refractivity contribution in [2.24, 2.45) is 0 Å². The van der Waals surface area contributed by atoms with Crippen molar-refractivity contribution in [1.82, 2.24) is 9.97 Å². The molecule has 4 rings (SSSR count). The number of ketones is 1. The molecule has 3 aromatic rings. The number of aromatic nitrogens is 2. The van der Waals surface area contributed by atoms with Crippen LogP contribution < -0.4 is 9.47 Å². The maximum atomic E-state index is 12.8. The van der Waals surface area contributed by atoms with Gasteiger partial charge in [0.05, 0.1) is 5.52 Å². The summed E-state index contributed by atoms with van der Waals surface area (Å²) in [6.45, 7) is 1.96. The van der Waals surface area contributed by atoms with E-state index in [1.165, 1.54) is 0 Å². The molecule has 22 heavy (non-hydrogen) atoms. The van der Waals surface area contributed by atoms with E-state index in [9.17, 15) is 4.79 Å². The molecular formula is C17H12N2O3. The summed E-state index contributed by atoms with van der Waals surface area (Å²) in [6.07, 6.45) is 0. The Kier molecular flexibility index (Phi) is 2.79. The monoisotopic (exact) mass is 292 g/mol. The van der Waals surface area contributed by atoms with Gasteiger partial charge in [0.25, 0.3) is 0 Å². The van der Waals surface area contributed by atoms with Crippen LogP contribution in [0.15, 0.2) is 42.5 Å². The maximum absolute atomic E-state index is 12.8. The molecule has 2 aromatic carbocycles. The lowest BCUT2D eigenvalue weighted by Crippen LogP contribution is -2.07. The molecule has 2 heterocycles. The molecular weight excluding hydrogens is 280 g/mol. The van der Waals surface area contributed by atoms with Crippen molar-refractivity contribution < 1.29 is 14.3 Å². The summed E-state index contributed by atoms with van der Waals surface area (Å²) >= 11 is 0. The van der Waals surface area contributed by atoms with Crippen molar-refractivity contribution >= 4 is 16.7 Å². The predicted molar refractivity (Wildman–Crippen MR) is 80.3 cm³/mol. The fourth-order valence-corrected chi connectivity index (χ4v) is 2.54. The molecule has 0 N–H and O–H groups in total. The van der Waals surface area contributed by atoms with E-state index in [2.05, 4.69) is 9.97 Å². The Morgan fingerprint density at radius 2 is 1.86 bits per heavy atom. The maximum Gasteiger partial charge on any atom is 0.231 e. The van der Waals surface area contributed by atoms with E-state index in [1.807, 2.05) is 24.3 Å². The first kappa shape index (κ1) is 12.8. The highest BCUT2D eigenvalue weighted by Crippen LogP contribution is 2.33. The van der Waals surface area contributed by atoms with Gasteiger partial charge in [0.1, 0.15) is 11.5 Å². The third-order valence-electron chi connectivity index (χ3n) is 3.56. The molecule has 0 fully saturated rings. The molecule has 0 saturated heterocycles. The third-order valence-corrected chi connectivity index (χ3v) is 3.56. The van der Waals surface area contributed by atoms with Crippen LogP contribution in [-0.4, -0.2) is 22.5 Å². The lowest BCUT2D eigenvalue weighted by Gasteiger charge is -2.07. The Balaban J connectivity index is 1.86. The van der Waals surface area contributed by atoms with E-state index < -0.39 is 0 Å². The SMILES string of the molecule is Cc1nc(C(=O)c2ccc3c(c2)OCO3)c2ccccc2n1. The molecule has 0 atom stereocenters. The Labute approximate surface area is 126 Å². The van der Waals surface area contributed by atoms with Gasteiger partial charge in [0, 0.05) is 10.9 Å². The number of benzene rings is 2. The fourth-order valence-electron chi connectivity index (χ4n) is 2.54. The van der Waals surface area contributed by atoms with Crippen LogP contribution in [0.4, 0.5) is 0 Å². The van der Waals surface area contributed by atoms with Crippen molar-refractivity contribution in [2.45, 2.75) is 6.92 Å². The number of ether oxygens (including phenoxy) is 2. The largest absolute Gasteiger partial charge is 0.454 e. The second-order valence-electron chi connectivity index (χ2n) is 5.03. The topological polar surface area (TPSA) is 61.3 Å². The standard InChI is InChI=1S/C17H12N2O3/c1-10-18-13-5-3-2-4-12(13)16(19-10)17(20)11-6-7-14-15(8-11)22-9-21-14/h2-8H,9H2,1H3. The highest BCUT2D eigenvalue weighted by molar-refractivity contribution is 6.14. The van der Waals surface area contributed by atoms with Crippen LogP contribution in [0.25, 0.3) is 10.9 Å². The lowest BCUT2D eigenvalue weighted by atomic mass is 10.0. The van der Waals surface area contributed by atoms with E-state index in [0.717, 1.165) is 10.9 Å². The van der Waals surface area contributed by atoms with E-state index in [4.69, 9.17) is 9.47 Å². The number of hydrogen-bond acceptors (Lipinski definition) is 5. The number of para-hydroxylation sites is 1. The zero-order chi connectivity index (χ0) is 15.1. The van der Waals surface area contributed by atoms with Crippen LogP contribution in [0.2, 0.25) is 0 Å². The summed E-state index contributed by atoms with van der Waals surface area (Å²) in [5, 5.41) is 0.746. The second kappa shape index (κ2) is 4.80. The van der Waals surface area contributed by atoms with Gasteiger partial charge in [-0.25, -0.2) is 9.97 Å². The predicted octanol–water partition coefficient (Wildman–Crippen LogP) is 2.90. The van der Waals surface area contributed by atoms with Gasteiger partial charge in [-0.1, -0.05) is 18.2 Å². The number of hydrogen-bond donors (Lipinski definition) is 0. The minimum atomic E-state index is -0.153. The molecule has 108 valence electrons. The number of carbonyl (C=O) groups is 1. The number of nitrogens with zero attached hydrogens (tertiary/aromatic N) is 2. The van der Waals surface area contributed by atoms with E-state index in [0.29, 0.717) is 28.6 Å². The van der Waals surface area contributed by atoms with E-state index in [1.54, 1.807) is 25.1 Å². The van der Waals surface area contributed by atoms with Crippen molar-refractivity contribution in [1.29, 1.82) is 0 Å².